The number of carboxylic acids is 1. The van der Waals surface area contributed by atoms with Gasteiger partial charge in [-0.3, -0.25) is 0 Å². The molecule has 0 aromatic carbocycles. The van der Waals surface area contributed by atoms with E-state index in [0.29, 0.717) is 10.0 Å². The van der Waals surface area contributed by atoms with E-state index in [0.717, 1.165) is 0 Å². The summed E-state index contributed by atoms with van der Waals surface area (Å²) in [6, 6.07) is 1.43. The van der Waals surface area contributed by atoms with Gasteiger partial charge in [0.25, 0.3) is 0 Å². The molecule has 0 amide bonds. The number of rotatable bonds is 2. The van der Waals surface area contributed by atoms with Gasteiger partial charge in [0, 0.05) is 16.2 Å². The zero-order chi connectivity index (χ0) is 10.9. The minimum Gasteiger partial charge on any atom is -0.480 e. The molecule has 1 atom stereocenters. The minimum absolute atomic E-state index is 0.209. The summed E-state index contributed by atoms with van der Waals surface area (Å²) < 4.78 is 0.523. The molecule has 1 aromatic heterocycles. The normalized spacial score (nSPS) is 14.9. The Kier molecular flexibility index (Phi) is 3.14. The van der Waals surface area contributed by atoms with Crippen LogP contribution in [0.15, 0.2) is 16.7 Å². The van der Waals surface area contributed by atoms with E-state index in [9.17, 15) is 4.79 Å². The Morgan fingerprint density at radius 2 is 2.36 bits per heavy atom. The first-order valence-corrected chi connectivity index (χ1v) is 4.86. The Bertz CT molecular complexity index is 382. The van der Waals surface area contributed by atoms with Gasteiger partial charge < -0.3 is 10.8 Å². The van der Waals surface area contributed by atoms with Crippen molar-refractivity contribution in [2.24, 2.45) is 5.73 Å². The van der Waals surface area contributed by atoms with Gasteiger partial charge in [0.1, 0.15) is 10.7 Å². The van der Waals surface area contributed by atoms with Crippen molar-refractivity contribution < 1.29 is 9.90 Å². The van der Waals surface area contributed by atoms with Gasteiger partial charge in [-0.25, -0.2) is 9.78 Å². The highest BCUT2D eigenvalue weighted by Gasteiger charge is 2.32. The molecule has 1 aromatic rings. The standard InChI is InChI=1S/C8H8BrClN2O2/c1-8(11,7(13)14)4-2-6(10)12-3-5(4)9/h2-3H,11H2,1H3,(H,13,14). The second-order valence-corrected chi connectivity index (χ2v) is 4.24. The maximum absolute atomic E-state index is 10.9. The van der Waals surface area contributed by atoms with Crippen molar-refractivity contribution in [2.75, 3.05) is 0 Å². The predicted molar refractivity (Wildman–Crippen MR) is 56.1 cm³/mol. The Labute approximate surface area is 94.2 Å². The number of aromatic nitrogens is 1. The van der Waals surface area contributed by atoms with Crippen LogP contribution in [0.1, 0.15) is 12.5 Å². The molecule has 1 unspecified atom stereocenters. The second kappa shape index (κ2) is 3.84. The van der Waals surface area contributed by atoms with Crippen molar-refractivity contribution in [3.63, 3.8) is 0 Å². The SMILES string of the molecule is CC(N)(C(=O)O)c1cc(Cl)ncc1Br. The lowest BCUT2D eigenvalue weighted by Gasteiger charge is -2.20. The van der Waals surface area contributed by atoms with Gasteiger partial charge >= 0.3 is 5.97 Å². The van der Waals surface area contributed by atoms with Gasteiger partial charge in [0.05, 0.1) is 0 Å². The summed E-state index contributed by atoms with van der Waals surface area (Å²) in [6.45, 7) is 1.39. The first kappa shape index (κ1) is 11.4. The van der Waals surface area contributed by atoms with Gasteiger partial charge in [-0.05, 0) is 28.9 Å². The fraction of sp³-hybridized carbons (Fsp3) is 0.250. The monoisotopic (exact) mass is 278 g/mol. The molecule has 76 valence electrons. The van der Waals surface area contributed by atoms with Gasteiger partial charge in [0.2, 0.25) is 0 Å². The van der Waals surface area contributed by atoms with Gasteiger partial charge in [-0.1, -0.05) is 11.6 Å². The number of nitrogens with two attached hydrogens (primary N) is 1. The number of hydrogen-bond donors (Lipinski definition) is 2. The zero-order valence-corrected chi connectivity index (χ0v) is 9.63. The fourth-order valence-corrected chi connectivity index (χ4v) is 1.71. The molecule has 0 bridgehead atoms. The number of halogens is 2. The van der Waals surface area contributed by atoms with Crippen molar-refractivity contribution in [1.82, 2.24) is 4.98 Å². The summed E-state index contributed by atoms with van der Waals surface area (Å²) in [5.41, 5.74) is 4.55. The molecule has 0 saturated carbocycles. The highest BCUT2D eigenvalue weighted by molar-refractivity contribution is 9.10. The number of pyridine rings is 1. The molecule has 1 heterocycles. The third-order valence-electron chi connectivity index (χ3n) is 1.83. The average Bonchev–Trinajstić information content (AvgIpc) is 2.08. The molecular formula is C8H8BrClN2O2. The van der Waals surface area contributed by atoms with Crippen LogP contribution in [-0.4, -0.2) is 16.1 Å². The maximum Gasteiger partial charge on any atom is 0.328 e. The summed E-state index contributed by atoms with van der Waals surface area (Å²) in [7, 11) is 0. The Morgan fingerprint density at radius 3 is 2.86 bits per heavy atom. The summed E-state index contributed by atoms with van der Waals surface area (Å²) in [4.78, 5) is 14.7. The number of carboxylic acid groups (broad SMARTS) is 1. The van der Waals surface area contributed by atoms with Crippen LogP contribution in [0.4, 0.5) is 0 Å². The van der Waals surface area contributed by atoms with Crippen LogP contribution in [-0.2, 0) is 10.3 Å². The van der Waals surface area contributed by atoms with E-state index in [1.807, 2.05) is 0 Å². The van der Waals surface area contributed by atoms with Gasteiger partial charge in [-0.15, -0.1) is 0 Å². The van der Waals surface area contributed by atoms with E-state index in [1.54, 1.807) is 0 Å². The molecule has 0 aliphatic heterocycles. The van der Waals surface area contributed by atoms with Gasteiger partial charge in [0.15, 0.2) is 0 Å². The molecule has 0 aliphatic carbocycles. The third kappa shape index (κ3) is 2.05. The Morgan fingerprint density at radius 1 is 1.79 bits per heavy atom. The summed E-state index contributed by atoms with van der Waals surface area (Å²) in [5, 5.41) is 9.11. The van der Waals surface area contributed by atoms with Crippen LogP contribution < -0.4 is 5.73 Å². The van der Waals surface area contributed by atoms with Crippen LogP contribution >= 0.6 is 27.5 Å². The Balaban J connectivity index is 3.31. The third-order valence-corrected chi connectivity index (χ3v) is 2.66. The summed E-state index contributed by atoms with van der Waals surface area (Å²) in [6.07, 6.45) is 1.42. The van der Waals surface area contributed by atoms with E-state index in [2.05, 4.69) is 20.9 Å². The molecule has 4 nitrogen and oxygen atoms in total. The molecule has 6 heteroatoms. The van der Waals surface area contributed by atoms with Crippen LogP contribution in [0.5, 0.6) is 0 Å². The smallest absolute Gasteiger partial charge is 0.328 e. The van der Waals surface area contributed by atoms with E-state index in [1.165, 1.54) is 19.2 Å². The molecule has 14 heavy (non-hydrogen) atoms. The fourth-order valence-electron chi connectivity index (χ4n) is 0.926. The maximum atomic E-state index is 10.9. The van der Waals surface area contributed by atoms with Crippen LogP contribution in [0.25, 0.3) is 0 Å². The number of hydrogen-bond acceptors (Lipinski definition) is 3. The molecule has 1 rings (SSSR count). The van der Waals surface area contributed by atoms with E-state index in [-0.39, 0.29) is 5.15 Å². The minimum atomic E-state index is -1.48. The summed E-state index contributed by atoms with van der Waals surface area (Å²) >= 11 is 8.82. The lowest BCUT2D eigenvalue weighted by Crippen LogP contribution is -2.42. The molecule has 0 fully saturated rings. The van der Waals surface area contributed by atoms with Gasteiger partial charge in [-0.2, -0.15) is 0 Å². The quantitative estimate of drug-likeness (QED) is 0.809. The largest absolute Gasteiger partial charge is 0.480 e. The first-order valence-electron chi connectivity index (χ1n) is 3.69. The first-order chi connectivity index (χ1) is 6.35. The number of aliphatic carboxylic acids is 1. The molecular weight excluding hydrogens is 271 g/mol. The van der Waals surface area contributed by atoms with Crippen molar-refractivity contribution >= 4 is 33.5 Å². The topological polar surface area (TPSA) is 76.2 Å². The highest BCUT2D eigenvalue weighted by atomic mass is 79.9. The van der Waals surface area contributed by atoms with Crippen LogP contribution in [0.3, 0.4) is 0 Å². The van der Waals surface area contributed by atoms with Crippen molar-refractivity contribution in [3.05, 3.63) is 27.5 Å². The Hall–Kier alpha value is -0.650. The van der Waals surface area contributed by atoms with E-state index in [4.69, 9.17) is 22.4 Å². The second-order valence-electron chi connectivity index (χ2n) is 2.99. The number of carbonyl (C=O) groups is 1. The van der Waals surface area contributed by atoms with Crippen molar-refractivity contribution in [1.29, 1.82) is 0 Å². The lowest BCUT2D eigenvalue weighted by atomic mass is 9.95. The zero-order valence-electron chi connectivity index (χ0n) is 7.29. The highest BCUT2D eigenvalue weighted by Crippen LogP contribution is 2.27. The predicted octanol–water partition coefficient (Wildman–Crippen LogP) is 1.76. The van der Waals surface area contributed by atoms with Crippen molar-refractivity contribution in [2.45, 2.75) is 12.5 Å². The average molecular weight is 280 g/mol. The summed E-state index contributed by atoms with van der Waals surface area (Å²) in [5.74, 6) is -1.12. The van der Waals surface area contributed by atoms with Crippen LogP contribution in [0.2, 0.25) is 5.15 Å². The molecule has 3 N–H and O–H groups in total. The molecule has 0 spiro atoms. The lowest BCUT2D eigenvalue weighted by molar-refractivity contribution is -0.143. The molecule has 0 saturated heterocycles. The van der Waals surface area contributed by atoms with E-state index < -0.39 is 11.5 Å². The molecule has 0 radical (unpaired) electrons. The number of nitrogens with zero attached hydrogens (tertiary/aromatic N) is 1. The molecule has 0 aliphatic rings. The van der Waals surface area contributed by atoms with E-state index >= 15 is 0 Å². The van der Waals surface area contributed by atoms with Crippen LogP contribution in [0, 0.1) is 0 Å². The van der Waals surface area contributed by atoms with Crippen molar-refractivity contribution in [3.8, 4) is 0 Å².